The second-order valence-corrected chi connectivity index (χ2v) is 7.49. The lowest BCUT2D eigenvalue weighted by Gasteiger charge is -2.19. The lowest BCUT2D eigenvalue weighted by molar-refractivity contribution is 0.0697. The van der Waals surface area contributed by atoms with Crippen LogP contribution in [-0.2, 0) is 6.42 Å². The highest BCUT2D eigenvalue weighted by atomic mass is 127. The summed E-state index contributed by atoms with van der Waals surface area (Å²) in [6.07, 6.45) is 0.744. The number of anilines is 2. The average Bonchev–Trinajstić information content (AvgIpc) is 2.61. The van der Waals surface area contributed by atoms with Gasteiger partial charge in [0.05, 0.1) is 11.1 Å². The van der Waals surface area contributed by atoms with E-state index in [2.05, 4.69) is 44.5 Å². The van der Waals surface area contributed by atoms with Crippen LogP contribution in [0.1, 0.15) is 32.5 Å². The van der Waals surface area contributed by atoms with Gasteiger partial charge in [0, 0.05) is 9.62 Å². The van der Waals surface area contributed by atoms with Crippen molar-refractivity contribution in [3.05, 3.63) is 53.2 Å². The molecule has 0 fully saturated rings. The molecular weight excluding hydrogens is 445 g/mol. The molecule has 0 spiro atoms. The highest BCUT2D eigenvalue weighted by molar-refractivity contribution is 14.1. The summed E-state index contributed by atoms with van der Waals surface area (Å²) in [5, 5.41) is 9.01. The molecule has 3 aromatic rings. The van der Waals surface area contributed by atoms with Crippen LogP contribution < -0.4 is 11.5 Å². The number of benzene rings is 1. The van der Waals surface area contributed by atoms with Crippen LogP contribution in [0.4, 0.5) is 11.8 Å². The van der Waals surface area contributed by atoms with Crippen molar-refractivity contribution < 1.29 is 9.90 Å². The average molecular weight is 463 g/mol. The summed E-state index contributed by atoms with van der Waals surface area (Å²) in [7, 11) is 0. The molecule has 2 atom stereocenters. The molecule has 2 aromatic heterocycles. The first kappa shape index (κ1) is 18.3. The van der Waals surface area contributed by atoms with Gasteiger partial charge < -0.3 is 16.6 Å². The Morgan fingerprint density at radius 1 is 1.12 bits per heavy atom. The van der Waals surface area contributed by atoms with Crippen molar-refractivity contribution in [1.29, 1.82) is 0 Å². The van der Waals surface area contributed by atoms with Crippen LogP contribution in [0.25, 0.3) is 11.0 Å². The van der Waals surface area contributed by atoms with E-state index in [1.54, 1.807) is 12.1 Å². The van der Waals surface area contributed by atoms with Gasteiger partial charge in [-0.25, -0.2) is 14.8 Å². The fourth-order valence-electron chi connectivity index (χ4n) is 2.78. The van der Waals surface area contributed by atoms with Gasteiger partial charge >= 0.3 is 5.97 Å². The molecule has 0 radical (unpaired) electrons. The van der Waals surface area contributed by atoms with Crippen LogP contribution in [0.3, 0.4) is 0 Å². The summed E-state index contributed by atoms with van der Waals surface area (Å²) in [5.74, 6) is -0.227. The van der Waals surface area contributed by atoms with Crippen molar-refractivity contribution in [2.75, 3.05) is 11.5 Å². The molecule has 0 aliphatic carbocycles. The maximum Gasteiger partial charge on any atom is 0.335 e. The van der Waals surface area contributed by atoms with E-state index < -0.39 is 5.97 Å². The molecule has 0 aliphatic rings. The minimum Gasteiger partial charge on any atom is -0.478 e. The van der Waals surface area contributed by atoms with Gasteiger partial charge in [-0.1, -0.05) is 41.6 Å². The molecule has 26 heavy (non-hydrogen) atoms. The summed E-state index contributed by atoms with van der Waals surface area (Å²) in [5.41, 5.74) is 15.0. The van der Waals surface area contributed by atoms with Gasteiger partial charge in [-0.2, -0.15) is 4.98 Å². The lowest BCUT2D eigenvalue weighted by Crippen LogP contribution is -2.09. The van der Waals surface area contributed by atoms with E-state index in [1.807, 2.05) is 24.3 Å². The van der Waals surface area contributed by atoms with E-state index in [4.69, 9.17) is 16.6 Å². The molecule has 5 N–H and O–H groups in total. The Morgan fingerprint density at radius 3 is 2.46 bits per heavy atom. The van der Waals surface area contributed by atoms with Crippen molar-refractivity contribution in [1.82, 2.24) is 15.0 Å². The van der Waals surface area contributed by atoms with E-state index in [1.165, 1.54) is 0 Å². The topological polar surface area (TPSA) is 128 Å². The standard InChI is InChI=1S/C18H18IN5O2/c1-9(14(19)10-2-4-11(5-3-10)17(25)26)8-12-6-7-13-15(22-12)16(20)24-18(21)23-13/h2-7,9,14H,8H2,1H3,(H,25,26)(H4,20,21,23,24)/t9-,14+/m1/s1. The second-order valence-electron chi connectivity index (χ2n) is 6.15. The fourth-order valence-corrected chi connectivity index (χ4v) is 3.45. The lowest BCUT2D eigenvalue weighted by atomic mass is 9.95. The van der Waals surface area contributed by atoms with Crippen molar-refractivity contribution in [3.8, 4) is 0 Å². The van der Waals surface area contributed by atoms with Gasteiger partial charge in [-0.05, 0) is 42.2 Å². The van der Waals surface area contributed by atoms with Crippen molar-refractivity contribution in [3.63, 3.8) is 0 Å². The first-order chi connectivity index (χ1) is 12.3. The molecule has 3 rings (SSSR count). The Kier molecular flexibility index (Phi) is 5.21. The number of hydrogen-bond acceptors (Lipinski definition) is 6. The van der Waals surface area contributed by atoms with E-state index in [9.17, 15) is 4.79 Å². The minimum atomic E-state index is -0.921. The van der Waals surface area contributed by atoms with Crippen LogP contribution in [-0.4, -0.2) is 26.0 Å². The van der Waals surface area contributed by atoms with Crippen LogP contribution in [0.15, 0.2) is 36.4 Å². The van der Waals surface area contributed by atoms with Gasteiger partial charge in [0.25, 0.3) is 0 Å². The number of rotatable bonds is 5. The monoisotopic (exact) mass is 463 g/mol. The predicted molar refractivity (Wildman–Crippen MR) is 109 cm³/mol. The summed E-state index contributed by atoms with van der Waals surface area (Å²) in [6, 6.07) is 10.8. The zero-order valence-electron chi connectivity index (χ0n) is 14.1. The summed E-state index contributed by atoms with van der Waals surface area (Å²) >= 11 is 2.38. The number of nitrogens with two attached hydrogens (primary N) is 2. The van der Waals surface area contributed by atoms with Crippen LogP contribution in [0.5, 0.6) is 0 Å². The highest BCUT2D eigenvalue weighted by Crippen LogP contribution is 2.33. The van der Waals surface area contributed by atoms with E-state index in [0.29, 0.717) is 11.0 Å². The Labute approximate surface area is 164 Å². The number of nitrogens with zero attached hydrogens (tertiary/aromatic N) is 3. The number of carboxylic acids is 1. The summed E-state index contributed by atoms with van der Waals surface area (Å²) in [6.45, 7) is 2.14. The fraction of sp³-hybridized carbons (Fsp3) is 0.222. The Bertz CT molecular complexity index is 962. The third-order valence-corrected chi connectivity index (χ3v) is 6.10. The molecule has 2 heterocycles. The molecule has 0 amide bonds. The molecule has 0 aliphatic heterocycles. The number of halogens is 1. The third-order valence-electron chi connectivity index (χ3n) is 4.15. The predicted octanol–water partition coefficient (Wildman–Crippen LogP) is 3.24. The maximum atomic E-state index is 11.0. The maximum absolute atomic E-state index is 11.0. The largest absolute Gasteiger partial charge is 0.478 e. The molecule has 134 valence electrons. The number of nitrogen functional groups attached to an aromatic ring is 2. The van der Waals surface area contributed by atoms with Gasteiger partial charge in [-0.3, -0.25) is 0 Å². The summed E-state index contributed by atoms with van der Waals surface area (Å²) in [4.78, 5) is 23.7. The number of fused-ring (bicyclic) bond motifs is 1. The van der Waals surface area contributed by atoms with Crippen molar-refractivity contribution in [2.24, 2.45) is 5.92 Å². The van der Waals surface area contributed by atoms with Gasteiger partial charge in [-0.15, -0.1) is 0 Å². The SMILES string of the molecule is C[C@H](Cc1ccc2nc(N)nc(N)c2n1)[C@H](I)c1ccc(C(=O)O)cc1. The number of carboxylic acid groups (broad SMARTS) is 1. The number of alkyl halides is 1. The number of carbonyl (C=O) groups is 1. The van der Waals surface area contributed by atoms with Crippen LogP contribution >= 0.6 is 22.6 Å². The van der Waals surface area contributed by atoms with Gasteiger partial charge in [0.1, 0.15) is 5.52 Å². The molecule has 0 bridgehead atoms. The zero-order valence-corrected chi connectivity index (χ0v) is 16.2. The third kappa shape index (κ3) is 3.85. The molecule has 1 aromatic carbocycles. The van der Waals surface area contributed by atoms with Crippen molar-refractivity contribution in [2.45, 2.75) is 17.3 Å². The number of pyridine rings is 1. The smallest absolute Gasteiger partial charge is 0.335 e. The Morgan fingerprint density at radius 2 is 1.81 bits per heavy atom. The number of hydrogen-bond donors (Lipinski definition) is 3. The van der Waals surface area contributed by atoms with Gasteiger partial charge in [0.2, 0.25) is 5.95 Å². The van der Waals surface area contributed by atoms with Crippen molar-refractivity contribution >= 4 is 51.4 Å². The number of aromatic nitrogens is 3. The highest BCUT2D eigenvalue weighted by Gasteiger charge is 2.18. The first-order valence-electron chi connectivity index (χ1n) is 8.01. The zero-order chi connectivity index (χ0) is 18.8. The van der Waals surface area contributed by atoms with E-state index >= 15 is 0 Å². The van der Waals surface area contributed by atoms with Crippen LogP contribution in [0.2, 0.25) is 0 Å². The molecular formula is C18H18IN5O2. The molecule has 0 saturated carbocycles. The number of aromatic carboxylic acids is 1. The summed E-state index contributed by atoms with van der Waals surface area (Å²) < 4.78 is 0.216. The van der Waals surface area contributed by atoms with E-state index in [0.717, 1.165) is 17.7 Å². The quantitative estimate of drug-likeness (QED) is 0.392. The Hall–Kier alpha value is -2.49. The van der Waals surface area contributed by atoms with Crippen LogP contribution in [0, 0.1) is 5.92 Å². The van der Waals surface area contributed by atoms with E-state index in [-0.39, 0.29) is 27.2 Å². The normalized spacial score (nSPS) is 13.5. The molecule has 0 unspecified atom stereocenters. The molecule has 8 heteroatoms. The Balaban J connectivity index is 1.79. The molecule has 0 saturated heterocycles. The molecule has 7 nitrogen and oxygen atoms in total. The van der Waals surface area contributed by atoms with Gasteiger partial charge in [0.15, 0.2) is 5.82 Å². The minimum absolute atomic E-state index is 0.134. The second kappa shape index (κ2) is 7.40. The first-order valence-corrected chi connectivity index (χ1v) is 9.25.